The maximum atomic E-state index is 12.4. The molecule has 0 aliphatic carbocycles. The summed E-state index contributed by atoms with van der Waals surface area (Å²) < 4.78 is 2.43. The number of halogens is 1. The zero-order chi connectivity index (χ0) is 18.3. The number of aromatic nitrogens is 2. The number of hydrogen-bond acceptors (Lipinski definition) is 4. The van der Waals surface area contributed by atoms with Crippen LogP contribution in [0.2, 0.25) is 0 Å². The number of nitrogens with zero attached hydrogens (tertiary/aromatic N) is 4. The number of pyridine rings is 1. The molecule has 4 aromatic rings. The van der Waals surface area contributed by atoms with E-state index in [9.17, 15) is 9.90 Å². The first-order chi connectivity index (χ1) is 12.5. The average Bonchev–Trinajstić information content (AvgIpc) is 2.89. The van der Waals surface area contributed by atoms with Gasteiger partial charge in [0.2, 0.25) is 5.88 Å². The lowest BCUT2D eigenvalue weighted by atomic mass is 10.2. The monoisotopic (exact) mass is 408 g/mol. The molecule has 0 radical (unpaired) electrons. The smallest absolute Gasteiger partial charge is 0.313 e. The van der Waals surface area contributed by atoms with Crippen molar-refractivity contribution in [2.24, 2.45) is 17.3 Å². The van der Waals surface area contributed by atoms with E-state index >= 15 is 0 Å². The van der Waals surface area contributed by atoms with Crippen molar-refractivity contribution >= 4 is 49.3 Å². The Labute approximate surface area is 156 Å². The van der Waals surface area contributed by atoms with Crippen LogP contribution >= 0.6 is 15.9 Å². The Hall–Kier alpha value is -3.06. The van der Waals surface area contributed by atoms with Crippen LogP contribution in [0.25, 0.3) is 21.8 Å². The second kappa shape index (κ2) is 6.34. The molecule has 0 bridgehead atoms. The highest BCUT2D eigenvalue weighted by molar-refractivity contribution is 9.10. The van der Waals surface area contributed by atoms with E-state index in [1.165, 1.54) is 0 Å². The number of benzene rings is 2. The molecule has 2 heterocycles. The molecular formula is C19H13BrN4O2. The number of carbonyl (C=O) groups is 1. The van der Waals surface area contributed by atoms with Crippen molar-refractivity contribution in [3.05, 3.63) is 64.8 Å². The summed E-state index contributed by atoms with van der Waals surface area (Å²) in [4.78, 5) is 16.7. The van der Waals surface area contributed by atoms with E-state index in [4.69, 9.17) is 0 Å². The summed E-state index contributed by atoms with van der Waals surface area (Å²) in [5.41, 5.74) is 1.95. The lowest BCUT2D eigenvalue weighted by molar-refractivity contribution is 0.0990. The van der Waals surface area contributed by atoms with Gasteiger partial charge in [0.1, 0.15) is 5.69 Å². The Kier molecular flexibility index (Phi) is 4.00. The molecule has 0 fully saturated rings. The standard InChI is InChI=1S/C19H13BrN4O2/c1-24-16-9-7-12(20)10-13(16)17(19(24)26)22-23-18(25)15-8-6-11-4-2-3-5-14(11)21-15/h2-10,26H,1H3. The van der Waals surface area contributed by atoms with Crippen LogP contribution in [0.15, 0.2) is 69.3 Å². The fourth-order valence-electron chi connectivity index (χ4n) is 2.81. The van der Waals surface area contributed by atoms with Crippen molar-refractivity contribution in [2.45, 2.75) is 0 Å². The van der Waals surface area contributed by atoms with Crippen molar-refractivity contribution in [1.29, 1.82) is 0 Å². The van der Waals surface area contributed by atoms with Gasteiger partial charge in [-0.15, -0.1) is 10.2 Å². The molecule has 0 saturated carbocycles. The molecule has 2 aromatic carbocycles. The van der Waals surface area contributed by atoms with E-state index in [0.717, 1.165) is 15.4 Å². The number of carbonyl (C=O) groups excluding carboxylic acids is 1. The van der Waals surface area contributed by atoms with Crippen molar-refractivity contribution in [3.63, 3.8) is 0 Å². The number of aromatic hydroxyl groups is 1. The first-order valence-corrected chi connectivity index (χ1v) is 8.62. The van der Waals surface area contributed by atoms with Gasteiger partial charge in [-0.1, -0.05) is 40.2 Å². The van der Waals surface area contributed by atoms with Gasteiger partial charge in [0.15, 0.2) is 5.69 Å². The summed E-state index contributed by atoms with van der Waals surface area (Å²) in [6, 6.07) is 16.5. The van der Waals surface area contributed by atoms with Gasteiger partial charge in [-0.3, -0.25) is 4.79 Å². The quantitative estimate of drug-likeness (QED) is 0.467. The molecule has 0 aliphatic heterocycles. The van der Waals surface area contributed by atoms with Gasteiger partial charge < -0.3 is 9.67 Å². The Morgan fingerprint density at radius 2 is 1.96 bits per heavy atom. The largest absolute Gasteiger partial charge is 0.493 e. The third-order valence-corrected chi connectivity index (χ3v) is 4.66. The summed E-state index contributed by atoms with van der Waals surface area (Å²) in [7, 11) is 1.72. The molecule has 6 nitrogen and oxygen atoms in total. The minimum Gasteiger partial charge on any atom is -0.493 e. The van der Waals surface area contributed by atoms with E-state index < -0.39 is 5.91 Å². The SMILES string of the molecule is Cn1c(O)c(N=NC(=O)c2ccc3ccccc3n2)c2cc(Br)ccc21. The summed E-state index contributed by atoms with van der Waals surface area (Å²) in [6.07, 6.45) is 0. The van der Waals surface area contributed by atoms with Crippen LogP contribution in [0.1, 0.15) is 10.5 Å². The number of aryl methyl sites for hydroxylation is 1. The van der Waals surface area contributed by atoms with Crippen molar-refractivity contribution in [2.75, 3.05) is 0 Å². The van der Waals surface area contributed by atoms with Gasteiger partial charge in [-0.25, -0.2) is 4.98 Å². The third kappa shape index (κ3) is 2.76. The van der Waals surface area contributed by atoms with E-state index in [1.807, 2.05) is 48.5 Å². The average molecular weight is 409 g/mol. The molecule has 0 spiro atoms. The van der Waals surface area contributed by atoms with Crippen LogP contribution in [0.5, 0.6) is 5.88 Å². The molecule has 1 N–H and O–H groups in total. The highest BCUT2D eigenvalue weighted by Crippen LogP contribution is 2.39. The number of fused-ring (bicyclic) bond motifs is 2. The summed E-state index contributed by atoms with van der Waals surface area (Å²) in [5.74, 6) is -0.622. The van der Waals surface area contributed by atoms with Gasteiger partial charge in [0.05, 0.1) is 11.0 Å². The van der Waals surface area contributed by atoms with Gasteiger partial charge in [-0.2, -0.15) is 0 Å². The highest BCUT2D eigenvalue weighted by Gasteiger charge is 2.15. The first kappa shape index (κ1) is 16.4. The van der Waals surface area contributed by atoms with Crippen molar-refractivity contribution in [3.8, 4) is 5.88 Å². The summed E-state index contributed by atoms with van der Waals surface area (Å²) >= 11 is 3.40. The maximum Gasteiger partial charge on any atom is 0.313 e. The summed E-state index contributed by atoms with van der Waals surface area (Å²) in [5, 5.41) is 19.7. The molecule has 0 atom stereocenters. The molecule has 0 unspecified atom stereocenters. The van der Waals surface area contributed by atoms with E-state index in [1.54, 1.807) is 17.7 Å². The normalized spacial score (nSPS) is 11.6. The van der Waals surface area contributed by atoms with E-state index in [2.05, 4.69) is 31.1 Å². The van der Waals surface area contributed by atoms with Crippen LogP contribution in [0.3, 0.4) is 0 Å². The van der Waals surface area contributed by atoms with Gasteiger partial charge >= 0.3 is 5.91 Å². The molecular weight excluding hydrogens is 396 g/mol. The van der Waals surface area contributed by atoms with Crippen molar-refractivity contribution < 1.29 is 9.90 Å². The molecule has 2 aromatic heterocycles. The topological polar surface area (TPSA) is 79.8 Å². The van der Waals surface area contributed by atoms with Gasteiger partial charge in [0.25, 0.3) is 0 Å². The highest BCUT2D eigenvalue weighted by atomic mass is 79.9. The number of azo groups is 1. The fraction of sp³-hybridized carbons (Fsp3) is 0.0526. The van der Waals surface area contributed by atoms with E-state index in [-0.39, 0.29) is 17.3 Å². The summed E-state index contributed by atoms with van der Waals surface area (Å²) in [6.45, 7) is 0. The predicted octanol–water partition coefficient (Wildman–Crippen LogP) is 5.12. The van der Waals surface area contributed by atoms with Crippen LogP contribution in [0.4, 0.5) is 5.69 Å². The lowest BCUT2D eigenvalue weighted by Gasteiger charge is -1.98. The number of hydrogen-bond donors (Lipinski definition) is 1. The van der Waals surface area contributed by atoms with Crippen molar-refractivity contribution in [1.82, 2.24) is 9.55 Å². The molecule has 4 rings (SSSR count). The zero-order valence-corrected chi connectivity index (χ0v) is 15.3. The van der Waals surface area contributed by atoms with Gasteiger partial charge in [0, 0.05) is 22.3 Å². The van der Waals surface area contributed by atoms with Crippen LogP contribution in [0, 0.1) is 0 Å². The van der Waals surface area contributed by atoms with E-state index in [0.29, 0.717) is 10.9 Å². The maximum absolute atomic E-state index is 12.4. The van der Waals surface area contributed by atoms with Crippen LogP contribution in [-0.2, 0) is 7.05 Å². The molecule has 0 aliphatic rings. The predicted molar refractivity (Wildman–Crippen MR) is 103 cm³/mol. The molecule has 128 valence electrons. The molecule has 7 heteroatoms. The van der Waals surface area contributed by atoms with Gasteiger partial charge in [-0.05, 0) is 30.3 Å². The Morgan fingerprint density at radius 1 is 1.15 bits per heavy atom. The number of para-hydroxylation sites is 1. The zero-order valence-electron chi connectivity index (χ0n) is 13.7. The Balaban J connectivity index is 1.73. The number of amides is 1. The fourth-order valence-corrected chi connectivity index (χ4v) is 3.18. The Bertz CT molecular complexity index is 1200. The molecule has 26 heavy (non-hydrogen) atoms. The molecule has 1 amide bonds. The second-order valence-corrected chi connectivity index (χ2v) is 6.70. The third-order valence-electron chi connectivity index (χ3n) is 4.16. The van der Waals surface area contributed by atoms with Crippen LogP contribution in [-0.4, -0.2) is 20.6 Å². The number of rotatable bonds is 2. The lowest BCUT2D eigenvalue weighted by Crippen LogP contribution is -1.97. The molecule has 0 saturated heterocycles. The first-order valence-electron chi connectivity index (χ1n) is 7.83. The minimum absolute atomic E-state index is 0.0545. The Morgan fingerprint density at radius 3 is 2.81 bits per heavy atom. The van der Waals surface area contributed by atoms with Crippen LogP contribution < -0.4 is 0 Å². The second-order valence-electron chi connectivity index (χ2n) is 5.79. The minimum atomic E-state index is -0.567.